The molecule has 1 aromatic carbocycles. The number of unbranched alkanes of at least 4 members (excludes halogenated alkanes) is 1. The molecule has 0 spiro atoms. The van der Waals surface area contributed by atoms with Gasteiger partial charge in [-0.2, -0.15) is 0 Å². The van der Waals surface area contributed by atoms with Crippen molar-refractivity contribution in [2.45, 2.75) is 65.3 Å². The maximum atomic E-state index is 11.2. The second-order valence-corrected chi connectivity index (χ2v) is 6.45. The number of carbonyl (C=O) groups is 1. The topological polar surface area (TPSA) is 32.3 Å². The Hall–Kier alpha value is -1.35. The van der Waals surface area contributed by atoms with Crippen LogP contribution in [-0.2, 0) is 17.6 Å². The van der Waals surface area contributed by atoms with E-state index in [4.69, 9.17) is 0 Å². The minimum absolute atomic E-state index is 0.00265. The van der Waals surface area contributed by atoms with Crippen molar-refractivity contribution in [1.82, 2.24) is 4.90 Å². The average Bonchev–Trinajstić information content (AvgIpc) is 2.50. The minimum Gasteiger partial charge on any atom is -0.326 e. The molecule has 122 valence electrons. The van der Waals surface area contributed by atoms with Crippen molar-refractivity contribution in [2.24, 2.45) is 0 Å². The van der Waals surface area contributed by atoms with E-state index >= 15 is 0 Å². The second kappa shape index (κ2) is 8.33. The summed E-state index contributed by atoms with van der Waals surface area (Å²) in [6.07, 6.45) is 7.31. The first-order valence-corrected chi connectivity index (χ1v) is 8.77. The lowest BCUT2D eigenvalue weighted by atomic mass is 9.87. The van der Waals surface area contributed by atoms with E-state index in [9.17, 15) is 4.79 Å². The van der Waals surface area contributed by atoms with Gasteiger partial charge in [-0.3, -0.25) is 4.79 Å². The van der Waals surface area contributed by atoms with Gasteiger partial charge in [0.25, 0.3) is 0 Å². The van der Waals surface area contributed by atoms with Gasteiger partial charge in [0, 0.05) is 18.7 Å². The smallest absolute Gasteiger partial charge is 0.221 e. The Balaban J connectivity index is 2.08. The van der Waals surface area contributed by atoms with Crippen molar-refractivity contribution >= 4 is 11.6 Å². The lowest BCUT2D eigenvalue weighted by Gasteiger charge is -2.35. The van der Waals surface area contributed by atoms with Gasteiger partial charge in [-0.25, -0.2) is 0 Å². The third kappa shape index (κ3) is 4.57. The highest BCUT2D eigenvalue weighted by Gasteiger charge is 2.23. The number of anilines is 1. The molecule has 1 N–H and O–H groups in total. The molecule has 0 heterocycles. The first-order valence-electron chi connectivity index (χ1n) is 8.77. The van der Waals surface area contributed by atoms with Crippen LogP contribution in [0.5, 0.6) is 0 Å². The van der Waals surface area contributed by atoms with Crippen molar-refractivity contribution in [3.8, 4) is 0 Å². The molecule has 1 aliphatic rings. The van der Waals surface area contributed by atoms with Crippen molar-refractivity contribution in [3.05, 3.63) is 29.3 Å². The Labute approximate surface area is 135 Å². The first kappa shape index (κ1) is 17.0. The van der Waals surface area contributed by atoms with E-state index in [0.717, 1.165) is 18.5 Å². The number of amides is 1. The Kier molecular flexibility index (Phi) is 6.44. The van der Waals surface area contributed by atoms with Crippen LogP contribution in [0.4, 0.5) is 5.69 Å². The molecule has 22 heavy (non-hydrogen) atoms. The Morgan fingerprint density at radius 3 is 2.73 bits per heavy atom. The van der Waals surface area contributed by atoms with Crippen LogP contribution in [0.15, 0.2) is 18.2 Å². The molecule has 0 aliphatic heterocycles. The zero-order valence-corrected chi connectivity index (χ0v) is 14.3. The molecule has 0 radical (unpaired) electrons. The van der Waals surface area contributed by atoms with Crippen molar-refractivity contribution < 1.29 is 4.79 Å². The molecule has 0 saturated carbocycles. The van der Waals surface area contributed by atoms with Gasteiger partial charge in [-0.05, 0) is 68.5 Å². The standard InChI is InChI=1S/C19H30N2O/c1-4-6-12-21(11-5-2)19-10-8-16-7-9-18(20-15(3)22)13-17(16)14-19/h7,9,13,19H,4-6,8,10-12,14H2,1-3H3,(H,20,22). The molecular weight excluding hydrogens is 272 g/mol. The van der Waals surface area contributed by atoms with E-state index in [1.54, 1.807) is 6.92 Å². The minimum atomic E-state index is 0.00265. The number of nitrogens with one attached hydrogen (secondary N) is 1. The monoisotopic (exact) mass is 302 g/mol. The normalized spacial score (nSPS) is 17.4. The van der Waals surface area contributed by atoms with E-state index in [-0.39, 0.29) is 5.91 Å². The van der Waals surface area contributed by atoms with Gasteiger partial charge in [-0.1, -0.05) is 26.3 Å². The molecular formula is C19H30N2O. The molecule has 1 aliphatic carbocycles. The van der Waals surface area contributed by atoms with Crippen LogP contribution in [0.2, 0.25) is 0 Å². The second-order valence-electron chi connectivity index (χ2n) is 6.45. The Morgan fingerprint density at radius 1 is 1.23 bits per heavy atom. The summed E-state index contributed by atoms with van der Waals surface area (Å²) in [6.45, 7) is 8.52. The van der Waals surface area contributed by atoms with Crippen LogP contribution in [-0.4, -0.2) is 29.9 Å². The van der Waals surface area contributed by atoms with Crippen LogP contribution in [0.25, 0.3) is 0 Å². The third-order valence-corrected chi connectivity index (χ3v) is 4.56. The summed E-state index contributed by atoms with van der Waals surface area (Å²) >= 11 is 0. The summed E-state index contributed by atoms with van der Waals surface area (Å²) in [5.74, 6) is 0.00265. The molecule has 3 heteroatoms. The average molecular weight is 302 g/mol. The Morgan fingerprint density at radius 2 is 2.05 bits per heavy atom. The molecule has 0 saturated heterocycles. The summed E-state index contributed by atoms with van der Waals surface area (Å²) in [6, 6.07) is 7.05. The van der Waals surface area contributed by atoms with E-state index in [2.05, 4.69) is 36.2 Å². The summed E-state index contributed by atoms with van der Waals surface area (Å²) in [7, 11) is 0. The van der Waals surface area contributed by atoms with Crippen LogP contribution < -0.4 is 5.32 Å². The predicted molar refractivity (Wildman–Crippen MR) is 93.3 cm³/mol. The first-order chi connectivity index (χ1) is 10.6. The van der Waals surface area contributed by atoms with Crippen LogP contribution in [0, 0.1) is 0 Å². The van der Waals surface area contributed by atoms with Crippen molar-refractivity contribution in [1.29, 1.82) is 0 Å². The summed E-state index contributed by atoms with van der Waals surface area (Å²) in [5, 5.41) is 2.91. The van der Waals surface area contributed by atoms with Crippen LogP contribution in [0.1, 0.15) is 57.6 Å². The molecule has 0 bridgehead atoms. The molecule has 1 unspecified atom stereocenters. The summed E-state index contributed by atoms with van der Waals surface area (Å²) in [5.41, 5.74) is 3.81. The fourth-order valence-electron chi connectivity index (χ4n) is 3.46. The highest BCUT2D eigenvalue weighted by atomic mass is 16.1. The third-order valence-electron chi connectivity index (χ3n) is 4.56. The van der Waals surface area contributed by atoms with Crippen molar-refractivity contribution in [2.75, 3.05) is 18.4 Å². The predicted octanol–water partition coefficient (Wildman–Crippen LogP) is 4.01. The van der Waals surface area contributed by atoms with Gasteiger partial charge in [-0.15, -0.1) is 0 Å². The zero-order valence-electron chi connectivity index (χ0n) is 14.3. The molecule has 0 aromatic heterocycles. The SMILES string of the molecule is CCCCN(CCC)C1CCc2ccc(NC(C)=O)cc2C1. The molecule has 1 aromatic rings. The molecule has 0 fully saturated rings. The van der Waals surface area contributed by atoms with E-state index in [1.165, 1.54) is 49.9 Å². The number of benzene rings is 1. The van der Waals surface area contributed by atoms with Gasteiger partial charge >= 0.3 is 0 Å². The number of hydrogen-bond acceptors (Lipinski definition) is 2. The summed E-state index contributed by atoms with van der Waals surface area (Å²) < 4.78 is 0. The van der Waals surface area contributed by atoms with E-state index in [1.807, 2.05) is 6.07 Å². The zero-order chi connectivity index (χ0) is 15.9. The fourth-order valence-corrected chi connectivity index (χ4v) is 3.46. The number of aryl methyl sites for hydroxylation is 1. The van der Waals surface area contributed by atoms with E-state index in [0.29, 0.717) is 6.04 Å². The maximum absolute atomic E-state index is 11.2. The lowest BCUT2D eigenvalue weighted by Crippen LogP contribution is -2.40. The lowest BCUT2D eigenvalue weighted by molar-refractivity contribution is -0.114. The van der Waals surface area contributed by atoms with E-state index < -0.39 is 0 Å². The quantitative estimate of drug-likeness (QED) is 0.825. The number of hydrogen-bond donors (Lipinski definition) is 1. The fraction of sp³-hybridized carbons (Fsp3) is 0.632. The highest BCUT2D eigenvalue weighted by molar-refractivity contribution is 5.88. The van der Waals surface area contributed by atoms with Gasteiger partial charge < -0.3 is 10.2 Å². The summed E-state index contributed by atoms with van der Waals surface area (Å²) in [4.78, 5) is 13.9. The number of rotatable bonds is 7. The van der Waals surface area contributed by atoms with Gasteiger partial charge in [0.2, 0.25) is 5.91 Å². The molecule has 1 atom stereocenters. The largest absolute Gasteiger partial charge is 0.326 e. The van der Waals surface area contributed by atoms with Crippen LogP contribution >= 0.6 is 0 Å². The molecule has 2 rings (SSSR count). The maximum Gasteiger partial charge on any atom is 0.221 e. The van der Waals surface area contributed by atoms with Gasteiger partial charge in [0.1, 0.15) is 0 Å². The van der Waals surface area contributed by atoms with Gasteiger partial charge in [0.05, 0.1) is 0 Å². The molecule has 1 amide bonds. The van der Waals surface area contributed by atoms with Gasteiger partial charge in [0.15, 0.2) is 0 Å². The number of carbonyl (C=O) groups excluding carboxylic acids is 1. The van der Waals surface area contributed by atoms with Crippen molar-refractivity contribution in [3.63, 3.8) is 0 Å². The Bertz CT molecular complexity index is 498. The highest BCUT2D eigenvalue weighted by Crippen LogP contribution is 2.27. The van der Waals surface area contributed by atoms with Crippen LogP contribution in [0.3, 0.4) is 0 Å². The number of fused-ring (bicyclic) bond motifs is 1. The number of nitrogens with zero attached hydrogens (tertiary/aromatic N) is 1. The molecule has 3 nitrogen and oxygen atoms in total.